The number of aliphatic imine (C=N–C) groups is 1. The molecule has 0 saturated heterocycles. The smallest absolute Gasteiger partial charge is 0.147 e. The average molecular weight is 132 g/mol. The molecule has 0 bridgehead atoms. The molecule has 7 heavy (non-hydrogen) atoms. The van der Waals surface area contributed by atoms with Crippen LogP contribution in [-0.2, 0) is 0 Å². The van der Waals surface area contributed by atoms with Crippen molar-refractivity contribution in [2.24, 2.45) is 4.99 Å². The summed E-state index contributed by atoms with van der Waals surface area (Å²) in [4.78, 5) is 7.27. The van der Waals surface area contributed by atoms with Crippen LogP contribution in [0.1, 0.15) is 0 Å². The summed E-state index contributed by atoms with van der Waals surface area (Å²) < 4.78 is 0. The van der Waals surface area contributed by atoms with Gasteiger partial charge in [0.15, 0.2) is 0 Å². The van der Waals surface area contributed by atoms with Gasteiger partial charge in [0.25, 0.3) is 0 Å². The monoisotopic (exact) mass is 132 g/mol. The summed E-state index contributed by atoms with van der Waals surface area (Å²) in [6, 6.07) is 0. The van der Waals surface area contributed by atoms with Crippen molar-refractivity contribution in [2.75, 3.05) is 12.3 Å². The Morgan fingerprint density at radius 3 is 3.00 bits per heavy atom. The molecule has 0 amide bonds. The first-order valence-corrected chi connectivity index (χ1v) is 4.27. The van der Waals surface area contributed by atoms with Crippen LogP contribution in [0.5, 0.6) is 0 Å². The molecule has 0 radical (unpaired) electrons. The van der Waals surface area contributed by atoms with Gasteiger partial charge in [0.2, 0.25) is 0 Å². The molecule has 0 atom stereocenters. The van der Waals surface area contributed by atoms with Crippen molar-refractivity contribution in [1.82, 2.24) is 4.98 Å². The van der Waals surface area contributed by atoms with Crippen LogP contribution in [0.4, 0.5) is 0 Å². The lowest BCUT2D eigenvalue weighted by atomic mass is 10.8. The van der Waals surface area contributed by atoms with Crippen molar-refractivity contribution >= 4 is 27.3 Å². The van der Waals surface area contributed by atoms with Gasteiger partial charge in [-0.25, -0.2) is 0 Å². The van der Waals surface area contributed by atoms with Gasteiger partial charge in [0.05, 0.1) is 6.54 Å². The highest BCUT2D eigenvalue weighted by molar-refractivity contribution is 8.14. The minimum absolute atomic E-state index is 1.01. The van der Waals surface area contributed by atoms with E-state index in [0.717, 1.165) is 22.1 Å². The minimum Gasteiger partial charge on any atom is -0.399 e. The molecular formula is C3H8N2SSi. The first-order valence-electron chi connectivity index (χ1n) is 2.28. The molecule has 0 aromatic rings. The molecule has 0 aromatic heterocycles. The van der Waals surface area contributed by atoms with Crippen LogP contribution < -0.4 is 4.98 Å². The number of nitrogens with one attached hydrogen (secondary N) is 1. The molecule has 1 N–H and O–H groups in total. The Morgan fingerprint density at radius 1 is 1.86 bits per heavy atom. The fourth-order valence-corrected chi connectivity index (χ4v) is 1.78. The Morgan fingerprint density at radius 2 is 2.71 bits per heavy atom. The quantitative estimate of drug-likeness (QED) is 0.426. The van der Waals surface area contributed by atoms with E-state index in [1.807, 2.05) is 11.8 Å². The molecule has 0 unspecified atom stereocenters. The van der Waals surface area contributed by atoms with Crippen LogP contribution in [0, 0.1) is 0 Å². The lowest BCUT2D eigenvalue weighted by Gasteiger charge is -1.91. The Hall–Kier alpha value is 0.0369. The predicted octanol–water partition coefficient (Wildman–Crippen LogP) is -1.04. The Labute approximate surface area is 50.3 Å². The summed E-state index contributed by atoms with van der Waals surface area (Å²) in [5.41, 5.74) is 0. The van der Waals surface area contributed by atoms with Gasteiger partial charge >= 0.3 is 0 Å². The zero-order valence-electron chi connectivity index (χ0n) is 4.27. The summed E-state index contributed by atoms with van der Waals surface area (Å²) in [6.45, 7) is 1.01. The van der Waals surface area contributed by atoms with Gasteiger partial charge in [0.1, 0.15) is 15.6 Å². The highest BCUT2D eigenvalue weighted by Crippen LogP contribution is 2.07. The van der Waals surface area contributed by atoms with Gasteiger partial charge in [-0.15, -0.1) is 0 Å². The highest BCUT2D eigenvalue weighted by Gasteiger charge is 2.01. The van der Waals surface area contributed by atoms with E-state index in [9.17, 15) is 0 Å². The number of hydrogen-bond donors (Lipinski definition) is 1. The summed E-state index contributed by atoms with van der Waals surface area (Å²) in [6.07, 6.45) is 0. The van der Waals surface area contributed by atoms with Crippen molar-refractivity contribution in [1.29, 1.82) is 0 Å². The lowest BCUT2D eigenvalue weighted by Crippen LogP contribution is -2.13. The standard InChI is InChI=1S/C3H8N2SSi/c7-5-3-4-1-2-6-3/h1-2H2,7H3,(H,4,5). The van der Waals surface area contributed by atoms with Gasteiger partial charge < -0.3 is 4.98 Å². The molecule has 1 rings (SSSR count). The van der Waals surface area contributed by atoms with Gasteiger partial charge in [-0.05, 0) is 0 Å². The molecule has 2 nitrogen and oxygen atoms in total. The Balaban J connectivity index is 2.36. The number of amidine groups is 1. The van der Waals surface area contributed by atoms with Crippen LogP contribution in [0.2, 0.25) is 0 Å². The molecule has 1 heterocycles. The van der Waals surface area contributed by atoms with Gasteiger partial charge in [0, 0.05) is 5.75 Å². The molecule has 1 aliphatic rings. The van der Waals surface area contributed by atoms with Crippen LogP contribution >= 0.6 is 11.8 Å². The van der Waals surface area contributed by atoms with Crippen molar-refractivity contribution in [3.05, 3.63) is 0 Å². The normalized spacial score (nSPS) is 19.7. The fourth-order valence-electron chi connectivity index (χ4n) is 0.486. The van der Waals surface area contributed by atoms with E-state index in [2.05, 4.69) is 9.97 Å². The molecular weight excluding hydrogens is 124 g/mol. The summed E-state index contributed by atoms with van der Waals surface area (Å²) in [5, 5.41) is 1.15. The summed E-state index contributed by atoms with van der Waals surface area (Å²) in [7, 11) is 1.03. The van der Waals surface area contributed by atoms with Gasteiger partial charge in [-0.3, -0.25) is 4.99 Å². The second-order valence-corrected chi connectivity index (χ2v) is 2.87. The molecule has 1 aliphatic heterocycles. The third-order valence-corrected chi connectivity index (χ3v) is 2.63. The number of hydrogen-bond acceptors (Lipinski definition) is 3. The van der Waals surface area contributed by atoms with E-state index in [0.29, 0.717) is 0 Å². The summed E-state index contributed by atoms with van der Waals surface area (Å²) >= 11 is 1.82. The Bertz CT molecular complexity index is 92.9. The second kappa shape index (κ2) is 2.37. The van der Waals surface area contributed by atoms with E-state index >= 15 is 0 Å². The SMILES string of the molecule is [SiH3]NC1=NCCS1. The number of thioether (sulfide) groups is 1. The van der Waals surface area contributed by atoms with E-state index in [-0.39, 0.29) is 0 Å². The average Bonchev–Trinajstić information content (AvgIpc) is 2.14. The second-order valence-electron chi connectivity index (χ2n) is 1.29. The zero-order valence-corrected chi connectivity index (χ0v) is 7.09. The van der Waals surface area contributed by atoms with Crippen molar-refractivity contribution in [3.8, 4) is 0 Å². The highest BCUT2D eigenvalue weighted by atomic mass is 32.2. The molecule has 0 saturated carbocycles. The molecule has 0 aromatic carbocycles. The number of nitrogens with zero attached hydrogens (tertiary/aromatic N) is 1. The predicted molar refractivity (Wildman–Crippen MR) is 37.8 cm³/mol. The summed E-state index contributed by atoms with van der Waals surface area (Å²) in [5.74, 6) is 1.17. The fraction of sp³-hybridized carbons (Fsp3) is 0.667. The largest absolute Gasteiger partial charge is 0.399 e. The topological polar surface area (TPSA) is 24.4 Å². The number of rotatable bonds is 0. The van der Waals surface area contributed by atoms with E-state index in [4.69, 9.17) is 0 Å². The molecule has 40 valence electrons. The third-order valence-electron chi connectivity index (χ3n) is 0.799. The molecule has 0 aliphatic carbocycles. The lowest BCUT2D eigenvalue weighted by molar-refractivity contribution is 1.16. The van der Waals surface area contributed by atoms with Crippen LogP contribution in [0.25, 0.3) is 0 Å². The van der Waals surface area contributed by atoms with E-state index < -0.39 is 0 Å². The zero-order chi connectivity index (χ0) is 5.11. The van der Waals surface area contributed by atoms with Crippen molar-refractivity contribution in [3.63, 3.8) is 0 Å². The third kappa shape index (κ3) is 1.20. The maximum atomic E-state index is 4.16. The molecule has 0 spiro atoms. The minimum atomic E-state index is 1.01. The van der Waals surface area contributed by atoms with Gasteiger partial charge in [-0.2, -0.15) is 0 Å². The van der Waals surface area contributed by atoms with Crippen LogP contribution in [0.15, 0.2) is 4.99 Å². The van der Waals surface area contributed by atoms with Crippen molar-refractivity contribution < 1.29 is 0 Å². The van der Waals surface area contributed by atoms with E-state index in [1.165, 1.54) is 5.75 Å². The Kier molecular flexibility index (Phi) is 1.75. The maximum absolute atomic E-state index is 4.16. The molecule has 0 fully saturated rings. The van der Waals surface area contributed by atoms with Crippen molar-refractivity contribution in [2.45, 2.75) is 0 Å². The first kappa shape index (κ1) is 5.18. The maximum Gasteiger partial charge on any atom is 0.147 e. The molecule has 4 heteroatoms. The first-order chi connectivity index (χ1) is 3.43. The van der Waals surface area contributed by atoms with Crippen LogP contribution in [-0.4, -0.2) is 27.9 Å². The van der Waals surface area contributed by atoms with E-state index in [1.54, 1.807) is 0 Å². The van der Waals surface area contributed by atoms with Crippen LogP contribution in [0.3, 0.4) is 0 Å². The van der Waals surface area contributed by atoms with Gasteiger partial charge in [-0.1, -0.05) is 11.8 Å².